The quantitative estimate of drug-likeness (QED) is 0.420. The van der Waals surface area contributed by atoms with Crippen molar-refractivity contribution in [3.05, 3.63) is 77.8 Å². The van der Waals surface area contributed by atoms with Crippen LogP contribution in [0, 0.1) is 5.82 Å². The number of hydrogen-bond donors (Lipinski definition) is 4. The number of anilines is 1. The molecular formula is C25H26FN3O5. The maximum Gasteiger partial charge on any atom is 0.328 e. The molecule has 0 unspecified atom stereocenters. The Morgan fingerprint density at radius 2 is 1.65 bits per heavy atom. The third-order valence-electron chi connectivity index (χ3n) is 5.60. The Hall–Kier alpha value is -3.98. The van der Waals surface area contributed by atoms with Crippen LogP contribution in [0.15, 0.2) is 60.8 Å². The fraction of sp³-hybridized carbons (Fsp3) is 0.240. The highest BCUT2D eigenvalue weighted by Crippen LogP contribution is 2.34. The molecule has 9 heteroatoms. The molecule has 0 spiro atoms. The van der Waals surface area contributed by atoms with Gasteiger partial charge in [0, 0.05) is 40.5 Å². The van der Waals surface area contributed by atoms with Crippen molar-refractivity contribution >= 4 is 34.4 Å². The van der Waals surface area contributed by atoms with Gasteiger partial charge in [-0.2, -0.15) is 0 Å². The molecule has 3 aromatic rings. The van der Waals surface area contributed by atoms with Gasteiger partial charge in [0.1, 0.15) is 5.82 Å². The molecule has 1 fully saturated rings. The number of rotatable bonds is 5. The summed E-state index contributed by atoms with van der Waals surface area (Å²) >= 11 is 0. The molecule has 0 saturated carbocycles. The Balaban J connectivity index is 0.000000350. The highest BCUT2D eigenvalue weighted by atomic mass is 19.1. The van der Waals surface area contributed by atoms with Crippen molar-refractivity contribution < 1.29 is 29.0 Å². The Morgan fingerprint density at radius 3 is 2.24 bits per heavy atom. The zero-order valence-corrected chi connectivity index (χ0v) is 18.6. The molecule has 1 amide bonds. The second kappa shape index (κ2) is 11.2. The number of likely N-dealkylation sites (tertiary alicyclic amines) is 1. The Labute approximate surface area is 195 Å². The standard InChI is InChI=1S/C21H22FN3O.C4H4O4/c1-25-10-8-14(9-11-25)19-13-23-20-7-6-17(12-18(19)20)24-21(26)15-2-4-16(22)5-3-15;5-3(6)1-2-4(7)8/h2-7,12-14,23H,8-11H2,1H3,(H,24,26);1-2H,(H,5,6)(H,7,8). The number of halogens is 1. The van der Waals surface area contributed by atoms with Crippen LogP contribution >= 0.6 is 0 Å². The van der Waals surface area contributed by atoms with Crippen molar-refractivity contribution in [3.63, 3.8) is 0 Å². The van der Waals surface area contributed by atoms with E-state index in [9.17, 15) is 18.8 Å². The number of nitrogens with one attached hydrogen (secondary N) is 2. The second-order valence-electron chi connectivity index (χ2n) is 8.05. The smallest absolute Gasteiger partial charge is 0.328 e. The molecule has 34 heavy (non-hydrogen) atoms. The van der Waals surface area contributed by atoms with Crippen LogP contribution in [-0.4, -0.2) is 58.1 Å². The van der Waals surface area contributed by atoms with Crippen molar-refractivity contribution in [2.45, 2.75) is 18.8 Å². The van der Waals surface area contributed by atoms with E-state index in [2.05, 4.69) is 28.4 Å². The SMILES string of the molecule is CN1CCC(c2c[nH]c3ccc(NC(=O)c4ccc(F)cc4)cc23)CC1.O=C(O)C=CC(=O)O. The number of nitrogens with zero attached hydrogens (tertiary/aromatic N) is 1. The normalized spacial score (nSPS) is 14.5. The van der Waals surface area contributed by atoms with E-state index in [1.807, 2.05) is 18.2 Å². The van der Waals surface area contributed by atoms with Crippen molar-refractivity contribution in [2.24, 2.45) is 0 Å². The van der Waals surface area contributed by atoms with Crippen LogP contribution in [0.5, 0.6) is 0 Å². The molecular weight excluding hydrogens is 441 g/mol. The van der Waals surface area contributed by atoms with Gasteiger partial charge in [0.25, 0.3) is 5.91 Å². The number of aromatic amines is 1. The summed E-state index contributed by atoms with van der Waals surface area (Å²) in [5.41, 5.74) is 3.60. The van der Waals surface area contributed by atoms with Gasteiger partial charge in [-0.3, -0.25) is 4.79 Å². The molecule has 2 heterocycles. The lowest BCUT2D eigenvalue weighted by Crippen LogP contribution is -2.29. The minimum Gasteiger partial charge on any atom is -0.478 e. The average Bonchev–Trinajstić information content (AvgIpc) is 3.22. The first kappa shape index (κ1) is 24.7. The first-order valence-corrected chi connectivity index (χ1v) is 10.7. The number of aliphatic carboxylic acids is 2. The molecule has 1 saturated heterocycles. The fourth-order valence-electron chi connectivity index (χ4n) is 3.82. The molecule has 4 rings (SSSR count). The number of aromatic nitrogens is 1. The Bertz CT molecular complexity index is 1180. The zero-order chi connectivity index (χ0) is 24.7. The van der Waals surface area contributed by atoms with Gasteiger partial charge in [-0.25, -0.2) is 14.0 Å². The lowest BCUT2D eigenvalue weighted by atomic mass is 9.89. The van der Waals surface area contributed by atoms with Crippen LogP contribution in [-0.2, 0) is 9.59 Å². The Morgan fingerprint density at radius 1 is 1.03 bits per heavy atom. The number of carboxylic acid groups (broad SMARTS) is 2. The number of fused-ring (bicyclic) bond motifs is 1. The summed E-state index contributed by atoms with van der Waals surface area (Å²) in [4.78, 5) is 37.2. The van der Waals surface area contributed by atoms with Crippen LogP contribution in [0.2, 0.25) is 0 Å². The van der Waals surface area contributed by atoms with Gasteiger partial charge in [-0.1, -0.05) is 0 Å². The lowest BCUT2D eigenvalue weighted by molar-refractivity contribution is -0.134. The van der Waals surface area contributed by atoms with Gasteiger partial charge in [0.05, 0.1) is 0 Å². The minimum atomic E-state index is -1.26. The minimum absolute atomic E-state index is 0.235. The van der Waals surface area contributed by atoms with E-state index < -0.39 is 11.9 Å². The summed E-state index contributed by atoms with van der Waals surface area (Å²) in [6, 6.07) is 11.5. The topological polar surface area (TPSA) is 123 Å². The highest BCUT2D eigenvalue weighted by molar-refractivity contribution is 6.05. The van der Waals surface area contributed by atoms with Crippen LogP contribution < -0.4 is 5.32 Å². The van der Waals surface area contributed by atoms with E-state index >= 15 is 0 Å². The van der Waals surface area contributed by atoms with Gasteiger partial charge < -0.3 is 25.4 Å². The zero-order valence-electron chi connectivity index (χ0n) is 18.6. The number of amides is 1. The van der Waals surface area contributed by atoms with Crippen molar-refractivity contribution in [1.82, 2.24) is 9.88 Å². The summed E-state index contributed by atoms with van der Waals surface area (Å²) in [7, 11) is 2.16. The molecule has 0 aliphatic carbocycles. The van der Waals surface area contributed by atoms with Crippen molar-refractivity contribution in [3.8, 4) is 0 Å². The number of carboxylic acids is 2. The largest absolute Gasteiger partial charge is 0.478 e. The summed E-state index contributed by atoms with van der Waals surface area (Å²) < 4.78 is 13.0. The van der Waals surface area contributed by atoms with Gasteiger partial charge in [0.2, 0.25) is 0 Å². The summed E-state index contributed by atoms with van der Waals surface area (Å²) in [5, 5.41) is 19.7. The number of hydrogen-bond acceptors (Lipinski definition) is 4. The lowest BCUT2D eigenvalue weighted by Gasteiger charge is -2.28. The van der Waals surface area contributed by atoms with Gasteiger partial charge in [-0.05, 0) is 86.9 Å². The number of carbonyl (C=O) groups is 3. The maximum atomic E-state index is 13.0. The molecule has 0 radical (unpaired) electrons. The molecule has 2 aromatic carbocycles. The van der Waals surface area contributed by atoms with E-state index in [0.29, 0.717) is 23.6 Å². The molecule has 178 valence electrons. The third-order valence-corrected chi connectivity index (χ3v) is 5.60. The average molecular weight is 467 g/mol. The summed E-state index contributed by atoms with van der Waals surface area (Å²) in [6.07, 6.45) is 5.52. The van der Waals surface area contributed by atoms with E-state index in [4.69, 9.17) is 10.2 Å². The second-order valence-corrected chi connectivity index (χ2v) is 8.05. The molecule has 0 atom stereocenters. The molecule has 0 bridgehead atoms. The van der Waals surface area contributed by atoms with E-state index in [0.717, 1.165) is 42.5 Å². The molecule has 4 N–H and O–H groups in total. The summed E-state index contributed by atoms with van der Waals surface area (Å²) in [5.74, 6) is -2.55. The first-order valence-electron chi connectivity index (χ1n) is 10.7. The van der Waals surface area contributed by atoms with Crippen molar-refractivity contribution in [1.29, 1.82) is 0 Å². The van der Waals surface area contributed by atoms with Crippen LogP contribution in [0.25, 0.3) is 10.9 Å². The van der Waals surface area contributed by atoms with Gasteiger partial charge in [0.15, 0.2) is 0 Å². The van der Waals surface area contributed by atoms with E-state index in [-0.39, 0.29) is 11.7 Å². The molecule has 1 aromatic heterocycles. The number of piperidine rings is 1. The third kappa shape index (κ3) is 6.76. The molecule has 1 aliphatic rings. The molecule has 8 nitrogen and oxygen atoms in total. The highest BCUT2D eigenvalue weighted by Gasteiger charge is 2.21. The van der Waals surface area contributed by atoms with Crippen LogP contribution in [0.3, 0.4) is 0 Å². The maximum absolute atomic E-state index is 13.0. The van der Waals surface area contributed by atoms with Gasteiger partial charge in [-0.15, -0.1) is 0 Å². The predicted molar refractivity (Wildman–Crippen MR) is 127 cm³/mol. The van der Waals surface area contributed by atoms with Gasteiger partial charge >= 0.3 is 11.9 Å². The monoisotopic (exact) mass is 467 g/mol. The van der Waals surface area contributed by atoms with E-state index in [1.165, 1.54) is 29.8 Å². The van der Waals surface area contributed by atoms with Crippen LogP contribution in [0.4, 0.5) is 10.1 Å². The number of benzene rings is 2. The fourth-order valence-corrected chi connectivity index (χ4v) is 3.82. The van der Waals surface area contributed by atoms with Crippen molar-refractivity contribution in [2.75, 3.05) is 25.5 Å². The number of H-pyrrole nitrogens is 1. The first-order chi connectivity index (χ1) is 16.2. The van der Waals surface area contributed by atoms with E-state index in [1.54, 1.807) is 0 Å². The van der Waals surface area contributed by atoms with Crippen LogP contribution in [0.1, 0.15) is 34.7 Å². The Kier molecular flexibility index (Phi) is 8.15. The predicted octanol–water partition coefficient (Wildman–Crippen LogP) is 4.08. The molecule has 1 aliphatic heterocycles. The summed E-state index contributed by atoms with van der Waals surface area (Å²) in [6.45, 7) is 2.22. The number of carbonyl (C=O) groups excluding carboxylic acids is 1.